The molecule has 21 heavy (non-hydrogen) atoms. The molecule has 108 valence electrons. The molecule has 2 aromatic rings. The molecule has 0 atom stereocenters. The molecule has 2 rings (SSSR count). The molecular formula is C14H12FN3O3. The maximum absolute atomic E-state index is 13.8. The van der Waals surface area contributed by atoms with E-state index < -0.39 is 11.7 Å². The molecule has 0 aliphatic heterocycles. The fourth-order valence-electron chi connectivity index (χ4n) is 1.60. The lowest BCUT2D eigenvalue weighted by atomic mass is 10.1. The molecule has 0 fully saturated rings. The minimum Gasteiger partial charge on any atom is -0.384 e. The van der Waals surface area contributed by atoms with Crippen LogP contribution in [-0.2, 0) is 6.42 Å². The maximum atomic E-state index is 13.8. The van der Waals surface area contributed by atoms with Crippen molar-refractivity contribution in [2.75, 3.05) is 13.2 Å². The molecule has 6 nitrogen and oxygen atoms in total. The highest BCUT2D eigenvalue weighted by atomic mass is 19.1. The van der Waals surface area contributed by atoms with E-state index in [-0.39, 0.29) is 18.7 Å². The van der Waals surface area contributed by atoms with Gasteiger partial charge in [-0.15, -0.1) is 0 Å². The zero-order chi connectivity index (χ0) is 15.1. The Labute approximate surface area is 120 Å². The first-order valence-electron chi connectivity index (χ1n) is 6.13. The largest absolute Gasteiger partial charge is 0.384 e. The molecule has 1 heterocycles. The molecule has 1 aromatic heterocycles. The number of hydrogen-bond acceptors (Lipinski definition) is 5. The van der Waals surface area contributed by atoms with Crippen LogP contribution >= 0.6 is 0 Å². The summed E-state index contributed by atoms with van der Waals surface area (Å²) in [5, 5.41) is 14.7. The molecule has 0 radical (unpaired) electrons. The lowest BCUT2D eigenvalue weighted by molar-refractivity contribution is 0.0950. The molecule has 0 bridgehead atoms. The Hall–Kier alpha value is -2.72. The second-order valence-corrected chi connectivity index (χ2v) is 4.01. The van der Waals surface area contributed by atoms with Gasteiger partial charge in [0.25, 0.3) is 5.91 Å². The lowest BCUT2D eigenvalue weighted by Crippen LogP contribution is -2.26. The first-order valence-corrected chi connectivity index (χ1v) is 6.13. The summed E-state index contributed by atoms with van der Waals surface area (Å²) in [5.74, 6) is 4.23. The number of nitrogens with one attached hydrogen (secondary N) is 1. The number of aliphatic hydroxyl groups is 1. The van der Waals surface area contributed by atoms with Crippen molar-refractivity contribution in [2.45, 2.75) is 6.42 Å². The Morgan fingerprint density at radius 1 is 1.48 bits per heavy atom. The summed E-state index contributed by atoms with van der Waals surface area (Å²) in [4.78, 5) is 15.6. The van der Waals surface area contributed by atoms with Crippen LogP contribution in [0.5, 0.6) is 0 Å². The molecule has 0 aliphatic rings. The Bertz CT molecular complexity index is 675. The van der Waals surface area contributed by atoms with E-state index in [2.05, 4.69) is 31.8 Å². The number of benzene rings is 1. The minimum absolute atomic E-state index is 0.0716. The minimum atomic E-state index is -0.670. The summed E-state index contributed by atoms with van der Waals surface area (Å²) < 4.78 is 18.4. The fraction of sp³-hybridized carbons (Fsp3) is 0.214. The first kappa shape index (κ1) is 14.7. The van der Waals surface area contributed by atoms with E-state index in [4.69, 9.17) is 5.11 Å². The van der Waals surface area contributed by atoms with Crippen molar-refractivity contribution in [1.29, 1.82) is 0 Å². The SMILES string of the molecule is O=C(NCCc1ncon1)c1ccc(C#CCO)cc1F. The second kappa shape index (κ2) is 7.17. The van der Waals surface area contributed by atoms with Crippen molar-refractivity contribution in [3.63, 3.8) is 0 Å². The van der Waals surface area contributed by atoms with Crippen molar-refractivity contribution in [1.82, 2.24) is 15.5 Å². The van der Waals surface area contributed by atoms with Crippen LogP contribution in [-0.4, -0.2) is 34.3 Å². The topological polar surface area (TPSA) is 88.3 Å². The van der Waals surface area contributed by atoms with E-state index in [9.17, 15) is 9.18 Å². The molecule has 1 aromatic carbocycles. The van der Waals surface area contributed by atoms with E-state index in [1.54, 1.807) is 0 Å². The van der Waals surface area contributed by atoms with Gasteiger partial charge in [-0.3, -0.25) is 4.79 Å². The third-order valence-corrected chi connectivity index (χ3v) is 2.57. The van der Waals surface area contributed by atoms with Crippen LogP contribution in [0.3, 0.4) is 0 Å². The zero-order valence-electron chi connectivity index (χ0n) is 11.0. The zero-order valence-corrected chi connectivity index (χ0v) is 11.0. The standard InChI is InChI=1S/C14H12FN3O3/c15-12-8-10(2-1-7-19)3-4-11(12)14(20)16-6-5-13-17-9-21-18-13/h3-4,8-9,19H,5-7H2,(H,16,20). The van der Waals surface area contributed by atoms with Crippen molar-refractivity contribution < 1.29 is 18.8 Å². The average molecular weight is 289 g/mol. The first-order chi connectivity index (χ1) is 10.2. The summed E-state index contributed by atoms with van der Waals surface area (Å²) in [6.45, 7) is -0.0379. The van der Waals surface area contributed by atoms with Crippen molar-refractivity contribution in [3.05, 3.63) is 47.4 Å². The van der Waals surface area contributed by atoms with Crippen molar-refractivity contribution in [3.8, 4) is 11.8 Å². The summed E-state index contributed by atoms with van der Waals surface area (Å²) in [7, 11) is 0. The number of halogens is 1. The number of carbonyl (C=O) groups is 1. The van der Waals surface area contributed by atoms with Crippen LogP contribution in [0, 0.1) is 17.7 Å². The van der Waals surface area contributed by atoms with Crippen LogP contribution in [0.1, 0.15) is 21.7 Å². The highest BCUT2D eigenvalue weighted by molar-refractivity contribution is 5.94. The van der Waals surface area contributed by atoms with E-state index in [1.165, 1.54) is 18.5 Å². The Morgan fingerprint density at radius 2 is 2.33 bits per heavy atom. The molecule has 0 saturated heterocycles. The summed E-state index contributed by atoms with van der Waals surface area (Å²) in [6.07, 6.45) is 1.59. The monoisotopic (exact) mass is 289 g/mol. The highest BCUT2D eigenvalue weighted by Crippen LogP contribution is 2.09. The van der Waals surface area contributed by atoms with Gasteiger partial charge in [0.2, 0.25) is 6.39 Å². The predicted molar refractivity (Wildman–Crippen MR) is 70.7 cm³/mol. The van der Waals surface area contributed by atoms with E-state index in [0.29, 0.717) is 17.8 Å². The lowest BCUT2D eigenvalue weighted by Gasteiger charge is -2.05. The third kappa shape index (κ3) is 4.12. The smallest absolute Gasteiger partial charge is 0.254 e. The van der Waals surface area contributed by atoms with Crippen LogP contribution in [0.25, 0.3) is 0 Å². The number of carbonyl (C=O) groups excluding carboxylic acids is 1. The molecule has 0 unspecified atom stereocenters. The quantitative estimate of drug-likeness (QED) is 0.801. The summed E-state index contributed by atoms with van der Waals surface area (Å²) in [6, 6.07) is 4.01. The molecule has 0 saturated carbocycles. The third-order valence-electron chi connectivity index (χ3n) is 2.57. The van der Waals surface area contributed by atoms with Crippen LogP contribution < -0.4 is 5.32 Å². The Morgan fingerprint density at radius 3 is 3.00 bits per heavy atom. The van der Waals surface area contributed by atoms with Crippen LogP contribution in [0.4, 0.5) is 4.39 Å². The number of aromatic nitrogens is 2. The number of nitrogens with zero attached hydrogens (tertiary/aromatic N) is 2. The fourth-order valence-corrected chi connectivity index (χ4v) is 1.60. The number of rotatable bonds is 4. The van der Waals surface area contributed by atoms with Gasteiger partial charge in [-0.05, 0) is 18.2 Å². The molecule has 0 spiro atoms. The van der Waals surface area contributed by atoms with Gasteiger partial charge >= 0.3 is 0 Å². The van der Waals surface area contributed by atoms with Gasteiger partial charge in [0.05, 0.1) is 5.56 Å². The Kier molecular flexibility index (Phi) is 5.01. The normalized spacial score (nSPS) is 9.81. The van der Waals surface area contributed by atoms with E-state index in [0.717, 1.165) is 6.07 Å². The van der Waals surface area contributed by atoms with E-state index in [1.807, 2.05) is 0 Å². The number of aliphatic hydroxyl groups excluding tert-OH is 1. The van der Waals surface area contributed by atoms with Crippen molar-refractivity contribution in [2.24, 2.45) is 0 Å². The van der Waals surface area contributed by atoms with Gasteiger partial charge in [-0.2, -0.15) is 4.98 Å². The molecule has 7 heteroatoms. The average Bonchev–Trinajstić information content (AvgIpc) is 2.98. The summed E-state index contributed by atoms with van der Waals surface area (Å²) in [5.41, 5.74) is 0.322. The van der Waals surface area contributed by atoms with Gasteiger partial charge in [0, 0.05) is 18.5 Å². The maximum Gasteiger partial charge on any atom is 0.254 e. The Balaban J connectivity index is 1.95. The molecule has 2 N–H and O–H groups in total. The van der Waals surface area contributed by atoms with Gasteiger partial charge < -0.3 is 14.9 Å². The van der Waals surface area contributed by atoms with E-state index >= 15 is 0 Å². The van der Waals surface area contributed by atoms with Gasteiger partial charge in [-0.25, -0.2) is 4.39 Å². The summed E-state index contributed by atoms with van der Waals surface area (Å²) >= 11 is 0. The van der Waals surface area contributed by atoms with Crippen LogP contribution in [0.15, 0.2) is 29.1 Å². The molecule has 1 amide bonds. The van der Waals surface area contributed by atoms with Crippen LogP contribution in [0.2, 0.25) is 0 Å². The number of hydrogen-bond donors (Lipinski definition) is 2. The van der Waals surface area contributed by atoms with Gasteiger partial charge in [0.1, 0.15) is 12.4 Å². The molecule has 0 aliphatic carbocycles. The highest BCUT2D eigenvalue weighted by Gasteiger charge is 2.11. The number of amides is 1. The van der Waals surface area contributed by atoms with Gasteiger partial charge in [0.15, 0.2) is 5.82 Å². The van der Waals surface area contributed by atoms with Gasteiger partial charge in [-0.1, -0.05) is 17.0 Å². The molecular weight excluding hydrogens is 277 g/mol. The predicted octanol–water partition coefficient (Wildman–Crippen LogP) is 0.525. The van der Waals surface area contributed by atoms with Crippen molar-refractivity contribution >= 4 is 5.91 Å². The second-order valence-electron chi connectivity index (χ2n) is 4.01.